The molecule has 6 heteroatoms. The Kier molecular flexibility index (Phi) is 3.32. The zero-order valence-electron chi connectivity index (χ0n) is 12.0. The lowest BCUT2D eigenvalue weighted by atomic mass is 10.2. The van der Waals surface area contributed by atoms with Gasteiger partial charge < -0.3 is 4.42 Å². The van der Waals surface area contributed by atoms with Crippen molar-refractivity contribution in [1.29, 1.82) is 0 Å². The molecule has 4 rings (SSSR count). The minimum atomic E-state index is 0.340. The van der Waals surface area contributed by atoms with E-state index < -0.39 is 0 Å². The lowest BCUT2D eigenvalue weighted by molar-refractivity contribution is 0.582. The van der Waals surface area contributed by atoms with Gasteiger partial charge in [-0.1, -0.05) is 18.2 Å². The molecule has 0 saturated heterocycles. The summed E-state index contributed by atoms with van der Waals surface area (Å²) in [4.78, 5) is 12.7. The van der Waals surface area contributed by atoms with Gasteiger partial charge in [-0.25, -0.2) is 4.98 Å². The van der Waals surface area contributed by atoms with Crippen LogP contribution in [0.15, 0.2) is 71.7 Å². The first-order chi connectivity index (χ1) is 11.4. The Morgan fingerprint density at radius 1 is 0.652 bits per heavy atom. The number of pyridine rings is 1. The molecular weight excluding hydrogens is 290 g/mol. The van der Waals surface area contributed by atoms with Crippen LogP contribution in [0.2, 0.25) is 0 Å². The zero-order valence-corrected chi connectivity index (χ0v) is 12.0. The van der Waals surface area contributed by atoms with E-state index in [1.165, 1.54) is 0 Å². The number of hydrogen-bond donors (Lipinski definition) is 0. The van der Waals surface area contributed by atoms with Crippen molar-refractivity contribution >= 4 is 0 Å². The average molecular weight is 301 g/mol. The van der Waals surface area contributed by atoms with Crippen molar-refractivity contribution in [1.82, 2.24) is 25.1 Å². The summed E-state index contributed by atoms with van der Waals surface area (Å²) in [6.07, 6.45) is 6.72. The van der Waals surface area contributed by atoms with E-state index in [4.69, 9.17) is 4.42 Å². The van der Waals surface area contributed by atoms with Crippen LogP contribution in [0.4, 0.5) is 0 Å². The van der Waals surface area contributed by atoms with Crippen molar-refractivity contribution in [2.45, 2.75) is 0 Å². The number of rotatable bonds is 3. The number of aromatic nitrogens is 5. The molecule has 0 radical (unpaired) electrons. The van der Waals surface area contributed by atoms with E-state index in [2.05, 4.69) is 25.1 Å². The molecule has 0 N–H and O–H groups in total. The Morgan fingerprint density at radius 3 is 2.22 bits per heavy atom. The van der Waals surface area contributed by atoms with E-state index in [0.29, 0.717) is 17.5 Å². The van der Waals surface area contributed by atoms with Gasteiger partial charge in [0.05, 0.1) is 18.1 Å². The third-order valence-electron chi connectivity index (χ3n) is 3.28. The van der Waals surface area contributed by atoms with Crippen molar-refractivity contribution in [2.75, 3.05) is 0 Å². The summed E-state index contributed by atoms with van der Waals surface area (Å²) < 4.78 is 5.71. The molecule has 0 aliphatic carbocycles. The summed E-state index contributed by atoms with van der Waals surface area (Å²) in [6.45, 7) is 0. The molecule has 110 valence electrons. The Hall–Kier alpha value is -3.41. The number of benzene rings is 1. The molecule has 0 aliphatic rings. The highest BCUT2D eigenvalue weighted by molar-refractivity contribution is 5.61. The van der Waals surface area contributed by atoms with Crippen molar-refractivity contribution in [3.05, 3.63) is 67.3 Å². The van der Waals surface area contributed by atoms with Crippen molar-refractivity contribution in [3.63, 3.8) is 0 Å². The van der Waals surface area contributed by atoms with Crippen LogP contribution in [0.5, 0.6) is 0 Å². The first-order valence-electron chi connectivity index (χ1n) is 7.02. The second kappa shape index (κ2) is 5.76. The predicted octanol–water partition coefficient (Wildman–Crippen LogP) is 3.26. The summed E-state index contributed by atoms with van der Waals surface area (Å²) in [6, 6.07) is 13.3. The highest BCUT2D eigenvalue weighted by Crippen LogP contribution is 2.23. The number of nitrogens with zero attached hydrogens (tertiary/aromatic N) is 5. The highest BCUT2D eigenvalue weighted by Gasteiger charge is 2.12. The maximum atomic E-state index is 5.71. The van der Waals surface area contributed by atoms with Crippen LogP contribution in [-0.2, 0) is 0 Å². The molecule has 0 spiro atoms. The third kappa shape index (κ3) is 2.69. The second-order valence-corrected chi connectivity index (χ2v) is 4.80. The summed E-state index contributed by atoms with van der Waals surface area (Å²) in [7, 11) is 0. The second-order valence-electron chi connectivity index (χ2n) is 4.80. The van der Waals surface area contributed by atoms with E-state index in [1.807, 2.05) is 42.5 Å². The first-order valence-corrected chi connectivity index (χ1v) is 7.02. The lowest BCUT2D eigenvalue weighted by Gasteiger charge is -2.00. The van der Waals surface area contributed by atoms with Crippen LogP contribution in [-0.4, -0.2) is 25.1 Å². The van der Waals surface area contributed by atoms with Gasteiger partial charge in [0.15, 0.2) is 0 Å². The van der Waals surface area contributed by atoms with E-state index in [9.17, 15) is 0 Å². The lowest BCUT2D eigenvalue weighted by Crippen LogP contribution is -1.90. The summed E-state index contributed by atoms with van der Waals surface area (Å²) in [5.41, 5.74) is 3.06. The largest absolute Gasteiger partial charge is 0.415 e. The minimum Gasteiger partial charge on any atom is -0.415 e. The molecule has 0 amide bonds. The van der Waals surface area contributed by atoms with Crippen LogP contribution in [0.1, 0.15) is 0 Å². The van der Waals surface area contributed by atoms with Crippen LogP contribution in [0, 0.1) is 0 Å². The molecule has 0 saturated carbocycles. The average Bonchev–Trinajstić information content (AvgIpc) is 3.14. The highest BCUT2D eigenvalue weighted by atomic mass is 16.4. The normalized spacial score (nSPS) is 10.6. The van der Waals surface area contributed by atoms with Gasteiger partial charge in [-0.2, -0.15) is 0 Å². The molecule has 0 atom stereocenters. The Bertz CT molecular complexity index is 922. The minimum absolute atomic E-state index is 0.340. The van der Waals surface area contributed by atoms with Crippen molar-refractivity contribution in [3.8, 4) is 34.3 Å². The molecule has 1 aromatic carbocycles. The van der Waals surface area contributed by atoms with E-state index in [-0.39, 0.29) is 0 Å². The molecule has 3 heterocycles. The molecular formula is C17H11N5O. The molecule has 0 fully saturated rings. The third-order valence-corrected chi connectivity index (χ3v) is 3.28. The van der Waals surface area contributed by atoms with Gasteiger partial charge in [0, 0.05) is 23.5 Å². The standard InChI is InChI=1S/C17H11N5O/c1-2-4-13(5-3-1)16-21-22-17(23-16)15-11-19-10-14(20-15)12-6-8-18-9-7-12/h1-11H. The monoisotopic (exact) mass is 301 g/mol. The molecule has 23 heavy (non-hydrogen) atoms. The number of hydrogen-bond acceptors (Lipinski definition) is 6. The summed E-state index contributed by atoms with van der Waals surface area (Å²) in [5.74, 6) is 0.795. The molecule has 4 aromatic rings. The predicted molar refractivity (Wildman–Crippen MR) is 84.0 cm³/mol. The van der Waals surface area contributed by atoms with E-state index >= 15 is 0 Å². The maximum absolute atomic E-state index is 5.71. The van der Waals surface area contributed by atoms with Crippen LogP contribution >= 0.6 is 0 Å². The quantitative estimate of drug-likeness (QED) is 0.578. The topological polar surface area (TPSA) is 77.6 Å². The smallest absolute Gasteiger partial charge is 0.268 e. The van der Waals surface area contributed by atoms with E-state index in [1.54, 1.807) is 24.8 Å². The fourth-order valence-electron chi connectivity index (χ4n) is 2.15. The summed E-state index contributed by atoms with van der Waals surface area (Å²) >= 11 is 0. The maximum Gasteiger partial charge on any atom is 0.268 e. The van der Waals surface area contributed by atoms with Gasteiger partial charge in [-0.05, 0) is 24.3 Å². The van der Waals surface area contributed by atoms with Crippen molar-refractivity contribution in [2.24, 2.45) is 0 Å². The van der Waals surface area contributed by atoms with Crippen molar-refractivity contribution < 1.29 is 4.42 Å². The van der Waals surface area contributed by atoms with Gasteiger partial charge >= 0.3 is 0 Å². The van der Waals surface area contributed by atoms with Gasteiger partial charge in [-0.3, -0.25) is 9.97 Å². The Labute approximate surface area is 131 Å². The molecule has 6 nitrogen and oxygen atoms in total. The summed E-state index contributed by atoms with van der Waals surface area (Å²) in [5, 5.41) is 8.14. The molecule has 0 aliphatic heterocycles. The zero-order chi connectivity index (χ0) is 15.5. The molecule has 0 unspecified atom stereocenters. The van der Waals surface area contributed by atoms with E-state index in [0.717, 1.165) is 16.8 Å². The molecule has 3 aromatic heterocycles. The van der Waals surface area contributed by atoms with Gasteiger partial charge in [0.1, 0.15) is 5.69 Å². The van der Waals surface area contributed by atoms with Gasteiger partial charge in [-0.15, -0.1) is 10.2 Å². The van der Waals surface area contributed by atoms with Crippen LogP contribution in [0.25, 0.3) is 34.3 Å². The Morgan fingerprint density at radius 2 is 1.39 bits per heavy atom. The fraction of sp³-hybridized carbons (Fsp3) is 0. The van der Waals surface area contributed by atoms with Crippen LogP contribution < -0.4 is 0 Å². The first kappa shape index (κ1) is 13.3. The van der Waals surface area contributed by atoms with Crippen LogP contribution in [0.3, 0.4) is 0 Å². The van der Waals surface area contributed by atoms with Gasteiger partial charge in [0.2, 0.25) is 5.89 Å². The molecule has 0 bridgehead atoms. The van der Waals surface area contributed by atoms with Gasteiger partial charge in [0.25, 0.3) is 5.89 Å². The Balaban J connectivity index is 1.71. The SMILES string of the molecule is c1ccc(-c2nnc(-c3cncc(-c4ccncc4)n3)o2)cc1. The fourth-order valence-corrected chi connectivity index (χ4v) is 2.15.